The average Bonchev–Trinajstić information content (AvgIpc) is 2.41. The molecule has 0 amide bonds. The molecule has 0 radical (unpaired) electrons. The summed E-state index contributed by atoms with van der Waals surface area (Å²) >= 11 is 3.22. The second-order valence-corrected chi connectivity index (χ2v) is 5.20. The van der Waals surface area contributed by atoms with Crippen LogP contribution in [0.3, 0.4) is 0 Å². The van der Waals surface area contributed by atoms with Crippen LogP contribution in [-0.2, 0) is 6.42 Å². The van der Waals surface area contributed by atoms with Gasteiger partial charge in [-0.3, -0.25) is 0 Å². The van der Waals surface area contributed by atoms with Crippen LogP contribution in [0.1, 0.15) is 17.2 Å². The van der Waals surface area contributed by atoms with Gasteiger partial charge in [0.1, 0.15) is 17.4 Å². The van der Waals surface area contributed by atoms with Gasteiger partial charge in [0.15, 0.2) is 0 Å². The molecule has 1 unspecified atom stereocenters. The third-order valence-corrected chi connectivity index (χ3v) is 3.73. The number of hydrogen-bond acceptors (Lipinski definition) is 2. The molecule has 20 heavy (non-hydrogen) atoms. The Hall–Kier alpha value is -1.46. The lowest BCUT2D eigenvalue weighted by Crippen LogP contribution is -2.05. The maximum Gasteiger partial charge on any atom is 0.132 e. The van der Waals surface area contributed by atoms with Crippen molar-refractivity contribution in [1.29, 1.82) is 0 Å². The van der Waals surface area contributed by atoms with E-state index in [4.69, 9.17) is 4.74 Å². The van der Waals surface area contributed by atoms with E-state index in [0.717, 1.165) is 0 Å². The number of aliphatic hydroxyl groups is 1. The summed E-state index contributed by atoms with van der Waals surface area (Å²) < 4.78 is 32.3. The summed E-state index contributed by atoms with van der Waals surface area (Å²) in [6, 6.07) is 8.46. The van der Waals surface area contributed by atoms with Gasteiger partial charge in [-0.15, -0.1) is 0 Å². The first-order valence-corrected chi connectivity index (χ1v) is 6.76. The van der Waals surface area contributed by atoms with E-state index < -0.39 is 11.9 Å². The zero-order chi connectivity index (χ0) is 14.7. The molecule has 0 fully saturated rings. The highest BCUT2D eigenvalue weighted by atomic mass is 79.9. The van der Waals surface area contributed by atoms with Crippen LogP contribution >= 0.6 is 15.9 Å². The molecule has 2 nitrogen and oxygen atoms in total. The second kappa shape index (κ2) is 6.33. The Balaban J connectivity index is 2.21. The summed E-state index contributed by atoms with van der Waals surface area (Å²) in [6.45, 7) is 0. The number of hydrogen-bond donors (Lipinski definition) is 1. The minimum absolute atomic E-state index is 0.182. The number of methoxy groups -OCH3 is 1. The van der Waals surface area contributed by atoms with Crippen LogP contribution < -0.4 is 4.74 Å². The lowest BCUT2D eigenvalue weighted by molar-refractivity contribution is 0.173. The summed E-state index contributed by atoms with van der Waals surface area (Å²) in [5.41, 5.74) is 0.885. The Morgan fingerprint density at radius 1 is 1.20 bits per heavy atom. The van der Waals surface area contributed by atoms with E-state index >= 15 is 0 Å². The van der Waals surface area contributed by atoms with Crippen LogP contribution in [0.2, 0.25) is 0 Å². The highest BCUT2D eigenvalue weighted by Crippen LogP contribution is 2.27. The average molecular weight is 343 g/mol. The van der Waals surface area contributed by atoms with Crippen LogP contribution in [0, 0.1) is 11.6 Å². The van der Waals surface area contributed by atoms with Crippen molar-refractivity contribution >= 4 is 15.9 Å². The molecular weight excluding hydrogens is 330 g/mol. The SMILES string of the molecule is COc1ccc(C(O)Cc2ccc(F)cc2Br)c(F)c1. The lowest BCUT2D eigenvalue weighted by atomic mass is 10.0. The van der Waals surface area contributed by atoms with E-state index in [1.54, 1.807) is 12.1 Å². The summed E-state index contributed by atoms with van der Waals surface area (Å²) in [4.78, 5) is 0. The lowest BCUT2D eigenvalue weighted by Gasteiger charge is -2.14. The maximum atomic E-state index is 13.8. The summed E-state index contributed by atoms with van der Waals surface area (Å²) in [6.07, 6.45) is -0.827. The number of aliphatic hydroxyl groups excluding tert-OH is 1. The van der Waals surface area contributed by atoms with E-state index in [2.05, 4.69) is 15.9 Å². The van der Waals surface area contributed by atoms with E-state index in [1.807, 2.05) is 0 Å². The molecule has 0 aliphatic carbocycles. The van der Waals surface area contributed by atoms with Crippen LogP contribution in [0.25, 0.3) is 0 Å². The van der Waals surface area contributed by atoms with E-state index in [1.165, 1.54) is 31.4 Å². The third-order valence-electron chi connectivity index (χ3n) is 2.99. The summed E-state index contributed by atoms with van der Waals surface area (Å²) in [5.74, 6) is -0.512. The van der Waals surface area contributed by atoms with Crippen molar-refractivity contribution in [3.8, 4) is 5.75 Å². The van der Waals surface area contributed by atoms with Gasteiger partial charge in [0.25, 0.3) is 0 Å². The van der Waals surface area contributed by atoms with Crippen LogP contribution in [-0.4, -0.2) is 12.2 Å². The largest absolute Gasteiger partial charge is 0.497 e. The zero-order valence-electron chi connectivity index (χ0n) is 10.7. The van der Waals surface area contributed by atoms with Crippen molar-refractivity contribution in [1.82, 2.24) is 0 Å². The van der Waals surface area contributed by atoms with Crippen molar-refractivity contribution in [3.63, 3.8) is 0 Å². The molecule has 2 aromatic carbocycles. The van der Waals surface area contributed by atoms with Gasteiger partial charge >= 0.3 is 0 Å². The Morgan fingerprint density at radius 2 is 1.95 bits per heavy atom. The molecule has 0 aliphatic rings. The fourth-order valence-electron chi connectivity index (χ4n) is 1.91. The Labute approximate surface area is 124 Å². The molecule has 2 aromatic rings. The molecule has 106 valence electrons. The van der Waals surface area contributed by atoms with Crippen molar-refractivity contribution in [2.24, 2.45) is 0 Å². The fourth-order valence-corrected chi connectivity index (χ4v) is 2.42. The first-order valence-electron chi connectivity index (χ1n) is 5.96. The summed E-state index contributed by atoms with van der Waals surface area (Å²) in [7, 11) is 1.44. The maximum absolute atomic E-state index is 13.8. The number of benzene rings is 2. The van der Waals surface area contributed by atoms with Gasteiger partial charge in [0.2, 0.25) is 0 Å². The van der Waals surface area contributed by atoms with Gasteiger partial charge in [0, 0.05) is 22.5 Å². The standard InChI is InChI=1S/C15H13BrF2O2/c1-20-11-4-5-12(14(18)8-11)15(19)6-9-2-3-10(17)7-13(9)16/h2-5,7-8,15,19H,6H2,1H3. The number of rotatable bonds is 4. The van der Waals surface area contributed by atoms with E-state index in [0.29, 0.717) is 15.8 Å². The van der Waals surface area contributed by atoms with Gasteiger partial charge in [0.05, 0.1) is 13.2 Å². The normalized spacial score (nSPS) is 12.2. The van der Waals surface area contributed by atoms with Gasteiger partial charge in [-0.1, -0.05) is 22.0 Å². The molecule has 0 spiro atoms. The van der Waals surface area contributed by atoms with E-state index in [9.17, 15) is 13.9 Å². The van der Waals surface area contributed by atoms with Crippen molar-refractivity contribution in [2.45, 2.75) is 12.5 Å². The molecule has 1 atom stereocenters. The predicted octanol–water partition coefficient (Wildman–Crippen LogP) is 4.01. The van der Waals surface area contributed by atoms with Crippen LogP contribution in [0.15, 0.2) is 40.9 Å². The van der Waals surface area contributed by atoms with Crippen molar-refractivity contribution in [2.75, 3.05) is 7.11 Å². The highest BCUT2D eigenvalue weighted by Gasteiger charge is 2.15. The molecule has 1 N–H and O–H groups in total. The molecule has 5 heteroatoms. The van der Waals surface area contributed by atoms with Gasteiger partial charge < -0.3 is 9.84 Å². The molecular formula is C15H13BrF2O2. The monoisotopic (exact) mass is 342 g/mol. The molecule has 0 bridgehead atoms. The Kier molecular flexibility index (Phi) is 4.73. The van der Waals surface area contributed by atoms with E-state index in [-0.39, 0.29) is 17.8 Å². The first kappa shape index (κ1) is 14.9. The second-order valence-electron chi connectivity index (χ2n) is 4.34. The molecule has 2 rings (SSSR count). The van der Waals surface area contributed by atoms with Gasteiger partial charge in [-0.2, -0.15) is 0 Å². The molecule has 0 saturated heterocycles. The molecule has 0 aliphatic heterocycles. The first-order chi connectivity index (χ1) is 9.51. The fraction of sp³-hybridized carbons (Fsp3) is 0.200. The van der Waals surface area contributed by atoms with Crippen molar-refractivity contribution in [3.05, 3.63) is 63.6 Å². The van der Waals surface area contributed by atoms with Crippen LogP contribution in [0.4, 0.5) is 8.78 Å². The number of halogens is 3. The van der Waals surface area contributed by atoms with Crippen LogP contribution in [0.5, 0.6) is 5.75 Å². The van der Waals surface area contributed by atoms with Gasteiger partial charge in [-0.25, -0.2) is 8.78 Å². The molecule has 0 aromatic heterocycles. The zero-order valence-corrected chi connectivity index (χ0v) is 12.3. The quantitative estimate of drug-likeness (QED) is 0.909. The molecule has 0 saturated carbocycles. The highest BCUT2D eigenvalue weighted by molar-refractivity contribution is 9.10. The number of ether oxygens (including phenoxy) is 1. The third kappa shape index (κ3) is 3.35. The topological polar surface area (TPSA) is 29.5 Å². The minimum Gasteiger partial charge on any atom is -0.497 e. The predicted molar refractivity (Wildman–Crippen MR) is 75.7 cm³/mol. The Morgan fingerprint density at radius 3 is 2.55 bits per heavy atom. The smallest absolute Gasteiger partial charge is 0.132 e. The van der Waals surface area contributed by atoms with Gasteiger partial charge in [-0.05, 0) is 29.8 Å². The Bertz CT molecular complexity index is 617. The molecule has 0 heterocycles. The minimum atomic E-state index is -1.01. The van der Waals surface area contributed by atoms with Crippen molar-refractivity contribution < 1.29 is 18.6 Å². The summed E-state index contributed by atoms with van der Waals surface area (Å²) in [5, 5.41) is 10.1.